The molecule has 10 nitrogen and oxygen atoms in total. The summed E-state index contributed by atoms with van der Waals surface area (Å²) < 4.78 is 17.1. The summed E-state index contributed by atoms with van der Waals surface area (Å²) in [5.74, 6) is 0.272. The first kappa shape index (κ1) is 26.0. The second kappa shape index (κ2) is 12.2. The van der Waals surface area contributed by atoms with Crippen molar-refractivity contribution in [3.8, 4) is 17.0 Å². The molecule has 1 saturated heterocycles. The molecule has 0 saturated carbocycles. The Labute approximate surface area is 198 Å². The van der Waals surface area contributed by atoms with Crippen molar-refractivity contribution in [2.75, 3.05) is 39.6 Å². The van der Waals surface area contributed by atoms with Crippen molar-refractivity contribution in [3.05, 3.63) is 51.7 Å². The van der Waals surface area contributed by atoms with Crippen molar-refractivity contribution < 1.29 is 34.5 Å². The molecule has 1 unspecified atom stereocenters. The smallest absolute Gasteiger partial charge is 0.270 e. The van der Waals surface area contributed by atoms with Gasteiger partial charge >= 0.3 is 0 Å². The van der Waals surface area contributed by atoms with E-state index < -0.39 is 30.2 Å². The maximum atomic E-state index is 11.3. The van der Waals surface area contributed by atoms with E-state index in [1.807, 2.05) is 6.92 Å². The topological polar surface area (TPSA) is 144 Å². The van der Waals surface area contributed by atoms with E-state index in [-0.39, 0.29) is 30.9 Å². The van der Waals surface area contributed by atoms with Crippen LogP contribution in [0.1, 0.15) is 30.5 Å². The lowest BCUT2D eigenvalue weighted by Crippen LogP contribution is -2.36. The molecule has 2 aromatic rings. The highest BCUT2D eigenvalue weighted by Crippen LogP contribution is 2.32. The highest BCUT2D eigenvalue weighted by Gasteiger charge is 2.29. The molecule has 1 aliphatic heterocycles. The van der Waals surface area contributed by atoms with Crippen LogP contribution in [0.4, 0.5) is 5.69 Å². The summed E-state index contributed by atoms with van der Waals surface area (Å²) in [6, 6.07) is 8.01. The van der Waals surface area contributed by atoms with Crippen LogP contribution in [-0.2, 0) is 15.9 Å². The second-order valence-corrected chi connectivity index (χ2v) is 8.61. The molecule has 3 rings (SSSR count). The van der Waals surface area contributed by atoms with Gasteiger partial charge in [0.1, 0.15) is 6.61 Å². The molecule has 1 atom stereocenters. The molecule has 186 valence electrons. The van der Waals surface area contributed by atoms with Gasteiger partial charge in [0.2, 0.25) is 5.88 Å². The number of aryl methyl sites for hydroxylation is 1. The average molecular weight is 477 g/mol. The van der Waals surface area contributed by atoms with Gasteiger partial charge in [0.15, 0.2) is 6.29 Å². The Bertz CT molecular complexity index is 950. The van der Waals surface area contributed by atoms with E-state index in [1.165, 1.54) is 12.1 Å². The van der Waals surface area contributed by atoms with Gasteiger partial charge in [-0.25, -0.2) is 4.98 Å². The molecule has 34 heavy (non-hydrogen) atoms. The van der Waals surface area contributed by atoms with Crippen LogP contribution >= 0.6 is 0 Å². The molecule has 10 heteroatoms. The molecule has 1 fully saturated rings. The number of aliphatic hydroxyl groups is 3. The van der Waals surface area contributed by atoms with E-state index >= 15 is 0 Å². The highest BCUT2D eigenvalue weighted by molar-refractivity contribution is 5.71. The van der Waals surface area contributed by atoms with Crippen molar-refractivity contribution in [2.24, 2.45) is 5.41 Å². The van der Waals surface area contributed by atoms with Crippen molar-refractivity contribution in [1.29, 1.82) is 0 Å². The largest absolute Gasteiger partial charge is 0.475 e. The van der Waals surface area contributed by atoms with Crippen LogP contribution in [-0.4, -0.2) is 71.2 Å². The Morgan fingerprint density at radius 3 is 2.56 bits per heavy atom. The first-order valence-electron chi connectivity index (χ1n) is 11.3. The summed E-state index contributed by atoms with van der Waals surface area (Å²) >= 11 is 0. The molecular formula is C24H32N2O8. The van der Waals surface area contributed by atoms with Gasteiger partial charge in [-0.05, 0) is 48.9 Å². The summed E-state index contributed by atoms with van der Waals surface area (Å²) in [5.41, 5.74) is 1.36. The summed E-state index contributed by atoms with van der Waals surface area (Å²) in [6.07, 6.45) is 2.78. The van der Waals surface area contributed by atoms with Crippen LogP contribution < -0.4 is 4.74 Å². The number of non-ortho nitro benzene ring substituents is 1. The summed E-state index contributed by atoms with van der Waals surface area (Å²) in [6.45, 7) is 1.73. The zero-order valence-corrected chi connectivity index (χ0v) is 19.3. The zero-order valence-electron chi connectivity index (χ0n) is 19.3. The molecule has 0 aliphatic carbocycles. The number of aliphatic hydroxyl groups excluding tert-OH is 3. The van der Waals surface area contributed by atoms with E-state index in [0.29, 0.717) is 30.0 Å². The van der Waals surface area contributed by atoms with Crippen molar-refractivity contribution in [3.63, 3.8) is 0 Å². The number of pyridine rings is 1. The van der Waals surface area contributed by atoms with Gasteiger partial charge in [-0.2, -0.15) is 0 Å². The second-order valence-electron chi connectivity index (χ2n) is 8.61. The SMILES string of the molecule is Cc1ccc([N+](=O)[O-])cc1-c1cc(CC(CO)(CO)CO)nc(OCCOC2CCCCO2)c1. The molecule has 1 aromatic heterocycles. The molecular weight excluding hydrogens is 444 g/mol. The normalized spacial score (nSPS) is 16.4. The number of nitro groups is 1. The molecule has 1 aromatic carbocycles. The molecule has 0 spiro atoms. The number of aromatic nitrogens is 1. The van der Waals surface area contributed by atoms with E-state index in [2.05, 4.69) is 4.98 Å². The number of hydrogen-bond donors (Lipinski definition) is 3. The molecule has 0 bridgehead atoms. The lowest BCUT2D eigenvalue weighted by molar-refractivity contribution is -0.384. The van der Waals surface area contributed by atoms with Gasteiger partial charge in [0, 0.05) is 42.3 Å². The molecule has 0 amide bonds. The summed E-state index contributed by atoms with van der Waals surface area (Å²) in [7, 11) is 0. The number of ether oxygens (including phenoxy) is 3. The minimum Gasteiger partial charge on any atom is -0.475 e. The monoisotopic (exact) mass is 476 g/mol. The van der Waals surface area contributed by atoms with Crippen LogP contribution in [0.15, 0.2) is 30.3 Å². The Morgan fingerprint density at radius 2 is 1.91 bits per heavy atom. The Balaban J connectivity index is 1.85. The summed E-state index contributed by atoms with van der Waals surface area (Å²) in [4.78, 5) is 15.3. The molecule has 1 aliphatic rings. The lowest BCUT2D eigenvalue weighted by atomic mass is 9.85. The van der Waals surface area contributed by atoms with E-state index in [1.54, 1.807) is 18.2 Å². The van der Waals surface area contributed by atoms with Gasteiger partial charge in [0.05, 0.1) is 31.4 Å². The number of hydrogen-bond acceptors (Lipinski definition) is 9. The van der Waals surface area contributed by atoms with Crippen LogP contribution in [0.2, 0.25) is 0 Å². The van der Waals surface area contributed by atoms with Crippen molar-refractivity contribution in [1.82, 2.24) is 4.98 Å². The van der Waals surface area contributed by atoms with Crippen molar-refractivity contribution >= 4 is 5.69 Å². The Kier molecular flexibility index (Phi) is 9.31. The quantitative estimate of drug-likeness (QED) is 0.239. The fourth-order valence-corrected chi connectivity index (χ4v) is 3.79. The highest BCUT2D eigenvalue weighted by atomic mass is 16.7. The van der Waals surface area contributed by atoms with Gasteiger partial charge in [-0.3, -0.25) is 10.1 Å². The average Bonchev–Trinajstić information content (AvgIpc) is 2.86. The minimum absolute atomic E-state index is 0.0438. The van der Waals surface area contributed by atoms with Crippen LogP contribution in [0.3, 0.4) is 0 Å². The van der Waals surface area contributed by atoms with Crippen LogP contribution in [0.25, 0.3) is 11.1 Å². The van der Waals surface area contributed by atoms with Gasteiger partial charge in [0.25, 0.3) is 5.69 Å². The zero-order chi connectivity index (χ0) is 24.6. The van der Waals surface area contributed by atoms with Crippen LogP contribution in [0, 0.1) is 22.5 Å². The predicted molar refractivity (Wildman–Crippen MR) is 123 cm³/mol. The van der Waals surface area contributed by atoms with E-state index in [4.69, 9.17) is 14.2 Å². The first-order valence-corrected chi connectivity index (χ1v) is 11.3. The molecule has 3 N–H and O–H groups in total. The Morgan fingerprint density at radius 1 is 1.15 bits per heavy atom. The fourth-order valence-electron chi connectivity index (χ4n) is 3.79. The van der Waals surface area contributed by atoms with Crippen LogP contribution in [0.5, 0.6) is 5.88 Å². The number of benzene rings is 1. The molecule has 2 heterocycles. The minimum atomic E-state index is -1.16. The van der Waals surface area contributed by atoms with Gasteiger partial charge < -0.3 is 29.5 Å². The van der Waals surface area contributed by atoms with E-state index in [0.717, 1.165) is 24.8 Å². The standard InChI is InChI=1S/C24H32N2O8/c1-17-5-6-20(26(30)31)12-21(17)18-10-19(13-24(14-27,15-28)16-29)25-22(11-18)32-8-9-34-23-4-2-3-7-33-23/h5-6,10-12,23,27-29H,2-4,7-9,13-16H2,1H3. The van der Waals surface area contributed by atoms with Crippen molar-refractivity contribution in [2.45, 2.75) is 38.9 Å². The third-order valence-corrected chi connectivity index (χ3v) is 5.94. The number of rotatable bonds is 12. The maximum absolute atomic E-state index is 11.3. The fraction of sp³-hybridized carbons (Fsp3) is 0.542. The summed E-state index contributed by atoms with van der Waals surface area (Å²) in [5, 5.41) is 40.5. The molecule has 0 radical (unpaired) electrons. The van der Waals surface area contributed by atoms with E-state index in [9.17, 15) is 25.4 Å². The third-order valence-electron chi connectivity index (χ3n) is 5.94. The number of nitro benzene ring substituents is 1. The first-order chi connectivity index (χ1) is 16.4. The van der Waals surface area contributed by atoms with Gasteiger partial charge in [-0.15, -0.1) is 0 Å². The lowest BCUT2D eigenvalue weighted by Gasteiger charge is -2.27. The predicted octanol–water partition coefficient (Wildman–Crippen LogP) is 2.39. The third kappa shape index (κ3) is 6.71. The number of nitrogens with zero attached hydrogens (tertiary/aromatic N) is 2. The maximum Gasteiger partial charge on any atom is 0.270 e. The van der Waals surface area contributed by atoms with Gasteiger partial charge in [-0.1, -0.05) is 6.07 Å². The Hall–Kier alpha value is -2.63.